The molecule has 34 heavy (non-hydrogen) atoms. The second-order valence-corrected chi connectivity index (χ2v) is 7.84. The summed E-state index contributed by atoms with van der Waals surface area (Å²) in [6.07, 6.45) is -4.56. The number of anilines is 1. The highest BCUT2D eigenvalue weighted by molar-refractivity contribution is 6.33. The van der Waals surface area contributed by atoms with E-state index >= 15 is 0 Å². The van der Waals surface area contributed by atoms with Gasteiger partial charge in [-0.3, -0.25) is 9.59 Å². The number of ether oxygens (including phenoxy) is 1. The normalized spacial score (nSPS) is 13.9. The highest BCUT2D eigenvalue weighted by Crippen LogP contribution is 2.36. The van der Waals surface area contributed by atoms with Crippen molar-refractivity contribution in [1.29, 1.82) is 0 Å². The third-order valence-corrected chi connectivity index (χ3v) is 5.16. The van der Waals surface area contributed by atoms with Crippen LogP contribution in [0.4, 0.5) is 18.9 Å². The van der Waals surface area contributed by atoms with E-state index < -0.39 is 23.6 Å². The third-order valence-electron chi connectivity index (χ3n) is 4.84. The van der Waals surface area contributed by atoms with Gasteiger partial charge in [-0.05, 0) is 36.4 Å². The summed E-state index contributed by atoms with van der Waals surface area (Å²) in [5.41, 5.74) is 8.63. The van der Waals surface area contributed by atoms with Crippen molar-refractivity contribution in [3.63, 3.8) is 0 Å². The average Bonchev–Trinajstić information content (AvgIpc) is 3.11. The van der Waals surface area contributed by atoms with Gasteiger partial charge in [0.05, 0.1) is 29.4 Å². The van der Waals surface area contributed by atoms with Gasteiger partial charge in [0.15, 0.2) is 0 Å². The molecular weight excluding hydrogens is 475 g/mol. The highest BCUT2D eigenvalue weighted by atomic mass is 35.5. The fourth-order valence-electron chi connectivity index (χ4n) is 3.26. The number of benzene rings is 2. The number of carbonyl (C=O) groups excluding carboxylic acids is 2. The molecule has 0 fully saturated rings. The summed E-state index contributed by atoms with van der Waals surface area (Å²) >= 11 is 6.37. The minimum absolute atomic E-state index is 0.0143. The summed E-state index contributed by atoms with van der Waals surface area (Å²) in [6, 6.07) is 8.98. The van der Waals surface area contributed by atoms with Crippen LogP contribution in [-0.4, -0.2) is 50.1 Å². The summed E-state index contributed by atoms with van der Waals surface area (Å²) < 4.78 is 44.8. The van der Waals surface area contributed by atoms with Gasteiger partial charge >= 0.3 is 6.18 Å². The number of carbonyl (C=O) groups is 2. The monoisotopic (exact) mass is 497 g/mol. The molecule has 8 nitrogen and oxygen atoms in total. The summed E-state index contributed by atoms with van der Waals surface area (Å²) in [7, 11) is 1.76. The van der Waals surface area contributed by atoms with Gasteiger partial charge in [0.1, 0.15) is 12.4 Å². The summed E-state index contributed by atoms with van der Waals surface area (Å²) in [4.78, 5) is 23.4. The van der Waals surface area contributed by atoms with E-state index in [2.05, 4.69) is 16.1 Å². The van der Waals surface area contributed by atoms with E-state index in [1.54, 1.807) is 30.3 Å². The molecule has 1 aliphatic rings. The number of rotatable bonds is 9. The lowest BCUT2D eigenvalue weighted by atomic mass is 10.1. The van der Waals surface area contributed by atoms with E-state index in [0.29, 0.717) is 40.8 Å². The quantitative estimate of drug-likeness (QED) is 0.397. The Morgan fingerprint density at radius 2 is 2.00 bits per heavy atom. The Morgan fingerprint density at radius 3 is 2.65 bits per heavy atom. The molecule has 0 spiro atoms. The van der Waals surface area contributed by atoms with Crippen LogP contribution in [0.2, 0.25) is 0 Å². The molecule has 0 bridgehead atoms. The molecule has 12 heteroatoms. The number of nitrogens with two attached hydrogens (primary N) is 1. The Labute approximate surface area is 198 Å². The number of primary amides is 1. The van der Waals surface area contributed by atoms with Crippen LogP contribution in [0, 0.1) is 0 Å². The molecule has 0 saturated heterocycles. The molecule has 0 radical (unpaired) electrons. The number of nitrogens with one attached hydrogen (secondary N) is 3. The topological polar surface area (TPSA) is 109 Å². The minimum atomic E-state index is -4.56. The van der Waals surface area contributed by atoms with Crippen molar-refractivity contribution in [2.75, 3.05) is 38.6 Å². The zero-order chi connectivity index (χ0) is 24.9. The van der Waals surface area contributed by atoms with E-state index in [4.69, 9.17) is 22.1 Å². The van der Waals surface area contributed by atoms with Crippen LogP contribution in [0.1, 0.15) is 21.5 Å². The van der Waals surface area contributed by atoms with Gasteiger partial charge in [-0.2, -0.15) is 13.2 Å². The van der Waals surface area contributed by atoms with Crippen molar-refractivity contribution in [1.82, 2.24) is 15.8 Å². The Balaban J connectivity index is 1.82. The van der Waals surface area contributed by atoms with E-state index in [1.807, 2.05) is 0 Å². The summed E-state index contributed by atoms with van der Waals surface area (Å²) in [6.45, 7) is 0.990. The van der Waals surface area contributed by atoms with Crippen molar-refractivity contribution >= 4 is 34.8 Å². The van der Waals surface area contributed by atoms with Crippen molar-refractivity contribution < 1.29 is 27.5 Å². The summed E-state index contributed by atoms with van der Waals surface area (Å²) in [5, 5.41) is 7.67. The van der Waals surface area contributed by atoms with Gasteiger partial charge in [0.2, 0.25) is 5.91 Å². The lowest BCUT2D eigenvalue weighted by Crippen LogP contribution is -2.31. The van der Waals surface area contributed by atoms with Crippen LogP contribution >= 0.6 is 11.6 Å². The molecule has 5 N–H and O–H groups in total. The van der Waals surface area contributed by atoms with Crippen LogP contribution < -0.4 is 26.5 Å². The molecule has 1 heterocycles. The number of alkyl halides is 3. The Kier molecular flexibility index (Phi) is 8.02. The van der Waals surface area contributed by atoms with Gasteiger partial charge in [0.25, 0.3) is 5.91 Å². The van der Waals surface area contributed by atoms with Gasteiger partial charge in [0, 0.05) is 30.4 Å². The lowest BCUT2D eigenvalue weighted by molar-refractivity contribution is -0.137. The van der Waals surface area contributed by atoms with E-state index in [1.165, 1.54) is 12.1 Å². The zero-order valence-electron chi connectivity index (χ0n) is 18.1. The van der Waals surface area contributed by atoms with E-state index in [-0.39, 0.29) is 18.7 Å². The highest BCUT2D eigenvalue weighted by Gasteiger charge is 2.31. The predicted octanol–water partition coefficient (Wildman–Crippen LogP) is 2.77. The van der Waals surface area contributed by atoms with Crippen molar-refractivity contribution in [2.24, 2.45) is 5.73 Å². The van der Waals surface area contributed by atoms with Crippen LogP contribution in [0.5, 0.6) is 5.75 Å². The number of amides is 2. The van der Waals surface area contributed by atoms with Crippen molar-refractivity contribution in [3.8, 4) is 5.75 Å². The van der Waals surface area contributed by atoms with Crippen molar-refractivity contribution in [3.05, 3.63) is 64.2 Å². The Hall–Kier alpha value is -3.28. The Morgan fingerprint density at radius 1 is 1.24 bits per heavy atom. The first-order chi connectivity index (χ1) is 16.1. The maximum Gasteiger partial charge on any atom is 0.416 e. The number of halogens is 4. The zero-order valence-corrected chi connectivity index (χ0v) is 18.9. The largest absolute Gasteiger partial charge is 0.492 e. The summed E-state index contributed by atoms with van der Waals surface area (Å²) in [5.74, 6) is -0.724. The van der Waals surface area contributed by atoms with Gasteiger partial charge in [-0.15, -0.1) is 0 Å². The number of hydrogen-bond acceptors (Lipinski definition) is 6. The smallest absolute Gasteiger partial charge is 0.416 e. The predicted molar refractivity (Wildman–Crippen MR) is 122 cm³/mol. The molecule has 0 saturated carbocycles. The SMILES string of the molecule is CN1NCC(Cl)=C1c1cc(NC(=O)c2cccc(C(F)(F)F)c2)ccc1OCCNCC(N)=O. The Bertz CT molecular complexity index is 1110. The third kappa shape index (κ3) is 6.40. The molecule has 2 aromatic carbocycles. The van der Waals surface area contributed by atoms with Crippen LogP contribution in [-0.2, 0) is 11.0 Å². The van der Waals surface area contributed by atoms with Crippen molar-refractivity contribution in [2.45, 2.75) is 6.18 Å². The molecule has 182 valence electrons. The van der Waals surface area contributed by atoms with E-state index in [9.17, 15) is 22.8 Å². The fourth-order valence-corrected chi connectivity index (χ4v) is 3.55. The van der Waals surface area contributed by atoms with E-state index in [0.717, 1.165) is 12.1 Å². The fraction of sp³-hybridized carbons (Fsp3) is 0.273. The maximum absolute atomic E-state index is 13.0. The van der Waals surface area contributed by atoms with Gasteiger partial charge < -0.3 is 26.1 Å². The number of hydrogen-bond donors (Lipinski definition) is 4. The first kappa shape index (κ1) is 25.3. The number of nitrogens with zero attached hydrogens (tertiary/aromatic N) is 1. The van der Waals surface area contributed by atoms with Crippen LogP contribution in [0.3, 0.4) is 0 Å². The molecule has 0 aliphatic carbocycles. The molecule has 0 atom stereocenters. The maximum atomic E-state index is 13.0. The van der Waals surface area contributed by atoms with Crippen LogP contribution in [0.25, 0.3) is 5.70 Å². The molecule has 1 aliphatic heterocycles. The molecular formula is C22H23ClF3N5O3. The molecule has 0 aromatic heterocycles. The van der Waals surface area contributed by atoms with Gasteiger partial charge in [-0.1, -0.05) is 17.7 Å². The molecule has 0 unspecified atom stereocenters. The average molecular weight is 498 g/mol. The molecule has 2 aromatic rings. The first-order valence-corrected chi connectivity index (χ1v) is 10.5. The second-order valence-electron chi connectivity index (χ2n) is 7.38. The minimum Gasteiger partial charge on any atom is -0.492 e. The molecule has 2 amide bonds. The van der Waals surface area contributed by atoms with Crippen LogP contribution in [0.15, 0.2) is 47.5 Å². The lowest BCUT2D eigenvalue weighted by Gasteiger charge is -2.20. The number of hydrazine groups is 1. The second kappa shape index (κ2) is 10.8. The first-order valence-electron chi connectivity index (χ1n) is 10.2. The standard InChI is InChI=1S/C22H23ClF3N5O3/c1-31-20(17(23)11-29-31)16-10-15(5-6-18(16)34-8-7-28-12-19(27)32)30-21(33)13-3-2-4-14(9-13)22(24,25)26/h2-6,9-10,28-29H,7-8,11-12H2,1H3,(H2,27,32)(H,30,33). The molecule has 3 rings (SSSR count). The van der Waals surface area contributed by atoms with Gasteiger partial charge in [-0.25, -0.2) is 5.43 Å².